The Morgan fingerprint density at radius 3 is 1.00 bits per heavy atom. The second-order valence-electron chi connectivity index (χ2n) is 8.33. The maximum absolute atomic E-state index is 13.8. The Balaban J connectivity index is 2.53. The zero-order valence-corrected chi connectivity index (χ0v) is 24.1. The monoisotopic (exact) mass is 644 g/mol. The minimum atomic E-state index is -7.01. The zero-order chi connectivity index (χ0) is 30.9. The van der Waals surface area contributed by atoms with Gasteiger partial charge in [0.15, 0.2) is 0 Å². The number of alkyl halides is 6. The summed E-state index contributed by atoms with van der Waals surface area (Å²) in [6, 6.07) is 16.2. The van der Waals surface area contributed by atoms with Gasteiger partial charge < -0.3 is 14.2 Å². The number of ether oxygens (including phenoxy) is 3. The molecule has 0 aliphatic heterocycles. The molecule has 0 fully saturated rings. The minimum absolute atomic E-state index is 0.0703. The molecule has 0 amide bonds. The third-order valence-electron chi connectivity index (χ3n) is 6.11. The van der Waals surface area contributed by atoms with Crippen LogP contribution in [0, 0.1) is 4.58 Å². The van der Waals surface area contributed by atoms with Crippen molar-refractivity contribution in [2.24, 2.45) is 0 Å². The molecule has 41 heavy (non-hydrogen) atoms. The molecule has 0 heterocycles. The van der Waals surface area contributed by atoms with Crippen LogP contribution in [-0.2, 0) is 19.7 Å². The molecule has 3 aromatic carbocycles. The molecule has 0 N–H and O–H groups in total. The maximum atomic E-state index is 13.8. The largest absolute Gasteiger partial charge is 0.497 e. The number of hydrogen-bond acceptors (Lipinski definition) is 7. The van der Waals surface area contributed by atoms with E-state index in [-0.39, 0.29) is 33.2 Å². The van der Waals surface area contributed by atoms with Gasteiger partial charge in [-0.05, 0) is 83.5 Å². The second-order valence-corrected chi connectivity index (χ2v) is 16.0. The molecule has 0 spiro atoms. The summed E-state index contributed by atoms with van der Waals surface area (Å²) in [5.74, 6) is 0.809. The maximum Gasteiger partial charge on any atom is 0.469 e. The average Bonchev–Trinajstić information content (AvgIpc) is 2.92. The van der Waals surface area contributed by atoms with Gasteiger partial charge in [-0.25, -0.2) is 0 Å². The highest BCUT2D eigenvalue weighted by atomic mass is 32.3. The summed E-state index contributed by atoms with van der Waals surface area (Å²) in [7, 11) is -14.1. The van der Waals surface area contributed by atoms with Crippen LogP contribution in [0.15, 0.2) is 72.8 Å². The second kappa shape index (κ2) is 11.7. The van der Waals surface area contributed by atoms with Crippen LogP contribution in [0.25, 0.3) is 0 Å². The Bertz CT molecular complexity index is 1400. The highest BCUT2D eigenvalue weighted by molar-refractivity contribution is 8.14. The molecular formula is C25H23F6O7PS2. The van der Waals surface area contributed by atoms with Gasteiger partial charge in [0, 0.05) is 0 Å². The summed E-state index contributed by atoms with van der Waals surface area (Å²) in [5.41, 5.74) is -12.7. The zero-order valence-electron chi connectivity index (χ0n) is 21.5. The van der Waals surface area contributed by atoms with Crippen LogP contribution in [0.2, 0.25) is 0 Å². The van der Waals surface area contributed by atoms with Gasteiger partial charge in [-0.15, -0.1) is 0 Å². The Morgan fingerprint density at radius 2 is 0.805 bits per heavy atom. The lowest BCUT2D eigenvalue weighted by molar-refractivity contribution is -0.0453. The molecule has 0 saturated carbocycles. The number of halogens is 6. The SMILES string of the molecule is COc1ccc([P+](C[C-](S(=O)(=O)C(F)(F)F)S(=O)(=O)C(F)(F)F)(c2ccc(OC)cc2)c2ccc(OC)cc2)cc1. The average molecular weight is 645 g/mol. The summed E-state index contributed by atoms with van der Waals surface area (Å²) in [6.45, 7) is 0. The molecule has 0 atom stereocenters. The van der Waals surface area contributed by atoms with Crippen molar-refractivity contribution in [2.45, 2.75) is 11.0 Å². The number of rotatable bonds is 10. The molecule has 0 saturated heterocycles. The van der Waals surface area contributed by atoms with Gasteiger partial charge in [-0.2, -0.15) is 26.3 Å². The first-order chi connectivity index (χ1) is 19.0. The Labute approximate surface area is 233 Å². The highest BCUT2D eigenvalue weighted by Crippen LogP contribution is 2.60. The summed E-state index contributed by atoms with van der Waals surface area (Å²) in [4.78, 5) is 0. The number of methoxy groups -OCH3 is 3. The molecule has 0 radical (unpaired) electrons. The fraction of sp³-hybridized carbons (Fsp3) is 0.240. The summed E-state index contributed by atoms with van der Waals surface area (Å²) in [6.07, 6.45) is -1.67. The van der Waals surface area contributed by atoms with Gasteiger partial charge in [0.1, 0.15) is 52.8 Å². The summed E-state index contributed by atoms with van der Waals surface area (Å²) >= 11 is 0. The number of sulfone groups is 2. The van der Waals surface area contributed by atoms with Gasteiger partial charge in [-0.1, -0.05) is 0 Å². The predicted octanol–water partition coefficient (Wildman–Crippen LogP) is 4.36. The minimum Gasteiger partial charge on any atom is -0.497 e. The van der Waals surface area contributed by atoms with E-state index in [0.29, 0.717) is 0 Å². The van der Waals surface area contributed by atoms with Crippen molar-refractivity contribution in [3.05, 3.63) is 77.4 Å². The number of hydrogen-bond donors (Lipinski definition) is 0. The molecule has 0 aromatic heterocycles. The van der Waals surface area contributed by atoms with Gasteiger partial charge in [0.2, 0.25) is 0 Å². The first kappa shape index (κ1) is 32.5. The van der Waals surface area contributed by atoms with Crippen molar-refractivity contribution in [1.82, 2.24) is 0 Å². The lowest BCUT2D eigenvalue weighted by Gasteiger charge is -2.38. The van der Waals surface area contributed by atoms with Crippen LogP contribution in [-0.4, -0.2) is 55.3 Å². The molecule has 7 nitrogen and oxygen atoms in total. The van der Waals surface area contributed by atoms with Gasteiger partial charge in [0.25, 0.3) is 0 Å². The van der Waals surface area contributed by atoms with E-state index >= 15 is 0 Å². The van der Waals surface area contributed by atoms with E-state index in [9.17, 15) is 43.2 Å². The van der Waals surface area contributed by atoms with Gasteiger partial charge >= 0.3 is 11.0 Å². The van der Waals surface area contributed by atoms with Crippen LogP contribution in [0.4, 0.5) is 26.3 Å². The van der Waals surface area contributed by atoms with Crippen molar-refractivity contribution in [3.63, 3.8) is 0 Å². The van der Waals surface area contributed by atoms with E-state index in [4.69, 9.17) is 14.2 Å². The molecule has 16 heteroatoms. The van der Waals surface area contributed by atoms with Crippen LogP contribution >= 0.6 is 7.26 Å². The molecule has 0 bridgehead atoms. The van der Waals surface area contributed by atoms with E-state index in [1.165, 1.54) is 94.1 Å². The summed E-state index contributed by atoms with van der Waals surface area (Å²) in [5, 5.41) is 0.211. The topological polar surface area (TPSA) is 96.0 Å². The van der Waals surface area contributed by atoms with Crippen LogP contribution in [0.3, 0.4) is 0 Å². The Morgan fingerprint density at radius 1 is 0.561 bits per heavy atom. The van der Waals surface area contributed by atoms with E-state index < -0.39 is 48.7 Å². The molecular weight excluding hydrogens is 621 g/mol. The standard InChI is InChI=1S/C25H23F6O7PS2/c1-36-17-4-10-20(11-5-17)39(21-12-6-18(37-2)7-13-21,22-14-8-19(38-3)9-15-22)16-23(40(32,33)24(26,27)28)41(34,35)25(29,30)31/h4-15H,16H2,1-3H3. The first-order valence-corrected chi connectivity index (χ1v) is 16.2. The smallest absolute Gasteiger partial charge is 0.469 e. The molecule has 3 rings (SSSR count). The third kappa shape index (κ3) is 6.12. The van der Waals surface area contributed by atoms with Gasteiger partial charge in [-0.3, -0.25) is 16.8 Å². The Hall–Kier alpha value is -3.03. The van der Waals surface area contributed by atoms with Crippen LogP contribution in [0.5, 0.6) is 17.2 Å². The quantitative estimate of drug-likeness (QED) is 0.184. The van der Waals surface area contributed by atoms with Crippen LogP contribution in [0.1, 0.15) is 0 Å². The first-order valence-electron chi connectivity index (χ1n) is 11.3. The predicted molar refractivity (Wildman–Crippen MR) is 143 cm³/mol. The third-order valence-corrected chi connectivity index (χ3v) is 14.9. The molecule has 0 unspecified atom stereocenters. The lowest BCUT2D eigenvalue weighted by Crippen LogP contribution is -2.45. The lowest BCUT2D eigenvalue weighted by atomic mass is 10.3. The highest BCUT2D eigenvalue weighted by Gasteiger charge is 2.58. The normalized spacial score (nSPS) is 13.2. The van der Waals surface area contributed by atoms with Crippen molar-refractivity contribution in [3.8, 4) is 17.2 Å². The van der Waals surface area contributed by atoms with Crippen molar-refractivity contribution >= 4 is 42.9 Å². The van der Waals surface area contributed by atoms with E-state index in [0.717, 1.165) is 0 Å². The van der Waals surface area contributed by atoms with E-state index in [2.05, 4.69) is 0 Å². The van der Waals surface area contributed by atoms with Crippen molar-refractivity contribution < 1.29 is 57.4 Å². The van der Waals surface area contributed by atoms with Crippen molar-refractivity contribution in [2.75, 3.05) is 27.5 Å². The molecule has 3 aromatic rings. The van der Waals surface area contributed by atoms with E-state index in [1.807, 2.05) is 0 Å². The Kier molecular flexibility index (Phi) is 9.26. The van der Waals surface area contributed by atoms with Crippen molar-refractivity contribution in [1.29, 1.82) is 0 Å². The summed E-state index contributed by atoms with van der Waals surface area (Å²) < 4.78 is 146. The number of benzene rings is 3. The molecule has 0 aliphatic rings. The molecule has 0 aliphatic carbocycles. The molecule has 224 valence electrons. The fourth-order valence-electron chi connectivity index (χ4n) is 4.00. The van der Waals surface area contributed by atoms with E-state index in [1.54, 1.807) is 0 Å². The fourth-order valence-corrected chi connectivity index (χ4v) is 12.6. The van der Waals surface area contributed by atoms with Gasteiger partial charge in [0.05, 0.1) is 28.6 Å². The van der Waals surface area contributed by atoms with Crippen LogP contribution < -0.4 is 30.1 Å².